The topological polar surface area (TPSA) is 133 Å². The van der Waals surface area contributed by atoms with Crippen LogP contribution in [0.15, 0.2) is 36.4 Å². The maximum Gasteiger partial charge on any atom is 0.138 e. The van der Waals surface area contributed by atoms with Gasteiger partial charge in [-0.3, -0.25) is 0 Å². The van der Waals surface area contributed by atoms with Crippen LogP contribution in [0.25, 0.3) is 0 Å². The fourth-order valence-corrected chi connectivity index (χ4v) is 1.08. The first kappa shape index (κ1) is 16.2. The molecule has 2 rings (SSSR count). The predicted octanol–water partition coefficient (Wildman–Crippen LogP) is 2.00. The molecule has 0 saturated heterocycles. The molecule has 19 heavy (non-hydrogen) atoms. The van der Waals surface area contributed by atoms with Crippen molar-refractivity contribution in [2.45, 2.75) is 7.43 Å². The highest BCUT2D eigenvalue weighted by Gasteiger charge is 1.95. The summed E-state index contributed by atoms with van der Waals surface area (Å²) >= 11 is 0. The molecule has 0 aromatic heterocycles. The van der Waals surface area contributed by atoms with E-state index in [9.17, 15) is 0 Å². The smallest absolute Gasteiger partial charge is 0.138 e. The summed E-state index contributed by atoms with van der Waals surface area (Å²) in [5.41, 5.74) is 10.8. The SMILES string of the molecule is C.Nc1cc(O)ccc1O.Nc1cc(O)ccc1O. The second-order valence-corrected chi connectivity index (χ2v) is 3.49. The summed E-state index contributed by atoms with van der Waals surface area (Å²) in [7, 11) is 0. The molecule has 6 nitrogen and oxygen atoms in total. The highest BCUT2D eigenvalue weighted by molar-refractivity contribution is 5.55. The van der Waals surface area contributed by atoms with Gasteiger partial charge in [-0.1, -0.05) is 7.43 Å². The van der Waals surface area contributed by atoms with Gasteiger partial charge in [0.1, 0.15) is 23.0 Å². The summed E-state index contributed by atoms with van der Waals surface area (Å²) in [4.78, 5) is 0. The zero-order valence-corrected chi connectivity index (χ0v) is 9.41. The second-order valence-electron chi connectivity index (χ2n) is 3.49. The summed E-state index contributed by atoms with van der Waals surface area (Å²) in [6, 6.07) is 7.98. The highest BCUT2D eigenvalue weighted by atomic mass is 16.3. The van der Waals surface area contributed by atoms with E-state index in [0.29, 0.717) is 0 Å². The molecular formula is C13H18N2O4. The lowest BCUT2D eigenvalue weighted by Gasteiger charge is -1.96. The first-order valence-electron chi connectivity index (χ1n) is 4.95. The van der Waals surface area contributed by atoms with Crippen molar-refractivity contribution in [3.8, 4) is 23.0 Å². The number of hydrogen-bond donors (Lipinski definition) is 6. The van der Waals surface area contributed by atoms with Crippen LogP contribution in [0.5, 0.6) is 23.0 Å². The van der Waals surface area contributed by atoms with E-state index in [1.807, 2.05) is 0 Å². The van der Waals surface area contributed by atoms with Crippen molar-refractivity contribution in [3.05, 3.63) is 36.4 Å². The molecule has 2 aromatic rings. The number of benzene rings is 2. The van der Waals surface area contributed by atoms with Crippen molar-refractivity contribution in [1.29, 1.82) is 0 Å². The van der Waals surface area contributed by atoms with Gasteiger partial charge in [0, 0.05) is 12.1 Å². The third-order valence-electron chi connectivity index (χ3n) is 2.02. The Balaban J connectivity index is 0.000000324. The molecule has 0 aliphatic heterocycles. The molecule has 0 aliphatic carbocycles. The molecule has 6 heteroatoms. The molecule has 0 radical (unpaired) electrons. The maximum absolute atomic E-state index is 8.81. The van der Waals surface area contributed by atoms with Crippen LogP contribution in [0.1, 0.15) is 7.43 Å². The van der Waals surface area contributed by atoms with Crippen molar-refractivity contribution < 1.29 is 20.4 Å². The number of anilines is 2. The minimum absolute atomic E-state index is 0. The summed E-state index contributed by atoms with van der Waals surface area (Å²) in [5, 5.41) is 35.1. The quantitative estimate of drug-likeness (QED) is 0.245. The summed E-state index contributed by atoms with van der Waals surface area (Å²) < 4.78 is 0. The maximum atomic E-state index is 8.81. The van der Waals surface area contributed by atoms with E-state index in [4.69, 9.17) is 31.9 Å². The van der Waals surface area contributed by atoms with Crippen LogP contribution in [-0.4, -0.2) is 20.4 Å². The minimum atomic E-state index is -0.00667. The molecule has 0 amide bonds. The van der Waals surface area contributed by atoms with E-state index in [2.05, 4.69) is 0 Å². The summed E-state index contributed by atoms with van der Waals surface area (Å²) in [6.45, 7) is 0. The van der Waals surface area contributed by atoms with Crippen molar-refractivity contribution in [2.75, 3.05) is 11.5 Å². The first-order chi connectivity index (χ1) is 8.40. The Morgan fingerprint density at radius 3 is 1.16 bits per heavy atom. The Bertz CT molecular complexity index is 495. The van der Waals surface area contributed by atoms with E-state index in [1.54, 1.807) is 0 Å². The lowest BCUT2D eigenvalue weighted by molar-refractivity contribution is 0.462. The highest BCUT2D eigenvalue weighted by Crippen LogP contribution is 2.23. The largest absolute Gasteiger partial charge is 0.508 e. The predicted molar refractivity (Wildman–Crippen MR) is 75.1 cm³/mol. The Morgan fingerprint density at radius 2 is 0.947 bits per heavy atom. The van der Waals surface area contributed by atoms with Gasteiger partial charge in [0.05, 0.1) is 11.4 Å². The van der Waals surface area contributed by atoms with Crippen molar-refractivity contribution >= 4 is 11.4 Å². The van der Waals surface area contributed by atoms with Crippen LogP contribution in [0.2, 0.25) is 0 Å². The van der Waals surface area contributed by atoms with Crippen LogP contribution < -0.4 is 11.5 Å². The number of aromatic hydroxyl groups is 4. The molecule has 104 valence electrons. The van der Waals surface area contributed by atoms with E-state index in [1.165, 1.54) is 36.4 Å². The van der Waals surface area contributed by atoms with Crippen molar-refractivity contribution in [2.24, 2.45) is 0 Å². The summed E-state index contributed by atoms with van der Waals surface area (Å²) in [5.74, 6) is 0.108. The number of nitrogen functional groups attached to an aromatic ring is 2. The van der Waals surface area contributed by atoms with E-state index < -0.39 is 0 Å². The van der Waals surface area contributed by atoms with Gasteiger partial charge in [-0.2, -0.15) is 0 Å². The Labute approximate surface area is 111 Å². The lowest BCUT2D eigenvalue weighted by Crippen LogP contribution is -1.83. The van der Waals surface area contributed by atoms with Crippen molar-refractivity contribution in [3.63, 3.8) is 0 Å². The molecule has 2 aromatic carbocycles. The third kappa shape index (κ3) is 4.95. The van der Waals surface area contributed by atoms with E-state index >= 15 is 0 Å². The summed E-state index contributed by atoms with van der Waals surface area (Å²) in [6.07, 6.45) is 0. The van der Waals surface area contributed by atoms with Crippen LogP contribution in [-0.2, 0) is 0 Å². The molecule has 8 N–H and O–H groups in total. The lowest BCUT2D eigenvalue weighted by atomic mass is 10.3. The zero-order chi connectivity index (χ0) is 13.7. The molecule has 0 saturated carbocycles. The molecule has 0 bridgehead atoms. The molecule has 0 aliphatic rings. The Hall–Kier alpha value is -2.76. The fraction of sp³-hybridized carbons (Fsp3) is 0.0769. The third-order valence-corrected chi connectivity index (χ3v) is 2.02. The van der Waals surface area contributed by atoms with Crippen LogP contribution in [0, 0.1) is 0 Å². The average Bonchev–Trinajstić information content (AvgIpc) is 2.30. The number of hydrogen-bond acceptors (Lipinski definition) is 6. The second kappa shape index (κ2) is 6.85. The normalized spacial score (nSPS) is 8.84. The zero-order valence-electron chi connectivity index (χ0n) is 9.41. The van der Waals surface area contributed by atoms with E-state index in [-0.39, 0.29) is 41.8 Å². The van der Waals surface area contributed by atoms with Crippen LogP contribution >= 0.6 is 0 Å². The van der Waals surface area contributed by atoms with Crippen LogP contribution in [0.3, 0.4) is 0 Å². The van der Waals surface area contributed by atoms with Crippen LogP contribution in [0.4, 0.5) is 11.4 Å². The molecule has 0 heterocycles. The molecule has 0 spiro atoms. The average molecular weight is 266 g/mol. The molecule has 0 fully saturated rings. The molecule has 0 atom stereocenters. The Kier molecular flexibility index (Phi) is 5.86. The van der Waals surface area contributed by atoms with Gasteiger partial charge in [0.25, 0.3) is 0 Å². The van der Waals surface area contributed by atoms with Gasteiger partial charge in [0.15, 0.2) is 0 Å². The Morgan fingerprint density at radius 1 is 0.632 bits per heavy atom. The monoisotopic (exact) mass is 266 g/mol. The van der Waals surface area contributed by atoms with Gasteiger partial charge in [-0.15, -0.1) is 0 Å². The fourth-order valence-electron chi connectivity index (χ4n) is 1.08. The number of phenolic OH excluding ortho intramolecular Hbond substituents is 4. The molecule has 0 unspecified atom stereocenters. The van der Waals surface area contributed by atoms with Gasteiger partial charge in [-0.05, 0) is 24.3 Å². The van der Waals surface area contributed by atoms with Gasteiger partial charge in [-0.25, -0.2) is 0 Å². The van der Waals surface area contributed by atoms with E-state index in [0.717, 1.165) is 0 Å². The minimum Gasteiger partial charge on any atom is -0.508 e. The number of rotatable bonds is 0. The first-order valence-corrected chi connectivity index (χ1v) is 4.95. The van der Waals surface area contributed by atoms with Gasteiger partial charge in [0.2, 0.25) is 0 Å². The number of nitrogens with two attached hydrogens (primary N) is 2. The standard InChI is InChI=1S/2C6H7NO2.CH4/c2*7-5-3-4(8)1-2-6(5)9;/h2*1-3,8-9H,7H2;1H4. The van der Waals surface area contributed by atoms with Crippen molar-refractivity contribution in [1.82, 2.24) is 0 Å². The van der Waals surface area contributed by atoms with Gasteiger partial charge >= 0.3 is 0 Å². The van der Waals surface area contributed by atoms with Gasteiger partial charge < -0.3 is 31.9 Å². The number of phenols is 4. The molecular weight excluding hydrogens is 248 g/mol.